The van der Waals surface area contributed by atoms with Crippen molar-refractivity contribution in [2.45, 2.75) is 97.2 Å². The molecule has 2 rings (SSSR count). The summed E-state index contributed by atoms with van der Waals surface area (Å²) in [5, 5.41) is 15.0. The molecule has 0 aromatic carbocycles. The Morgan fingerprint density at radius 1 is 1.09 bits per heavy atom. The van der Waals surface area contributed by atoms with Crippen molar-refractivity contribution in [1.29, 1.82) is 0 Å². The van der Waals surface area contributed by atoms with Gasteiger partial charge in [0.25, 0.3) is 0 Å². The third-order valence-corrected chi connectivity index (χ3v) is 6.75. The van der Waals surface area contributed by atoms with Crippen LogP contribution in [0.5, 0.6) is 0 Å². The number of hydrogen-bond acceptors (Lipinski definition) is 5. The molecule has 1 saturated heterocycles. The normalized spacial score (nSPS) is 25.1. The van der Waals surface area contributed by atoms with E-state index >= 15 is 0 Å². The van der Waals surface area contributed by atoms with Gasteiger partial charge >= 0.3 is 12.1 Å². The summed E-state index contributed by atoms with van der Waals surface area (Å²) < 4.78 is 5.30. The minimum absolute atomic E-state index is 0.0409. The zero-order valence-corrected chi connectivity index (χ0v) is 20.7. The van der Waals surface area contributed by atoms with Gasteiger partial charge in [-0.1, -0.05) is 20.3 Å². The third-order valence-electron chi connectivity index (χ3n) is 6.75. The topological polar surface area (TPSA) is 125 Å². The van der Waals surface area contributed by atoms with Crippen LogP contribution in [-0.4, -0.2) is 64.7 Å². The monoisotopic (exact) mass is 467 g/mol. The molecule has 0 bridgehead atoms. The van der Waals surface area contributed by atoms with Gasteiger partial charge in [-0.25, -0.2) is 9.59 Å². The molecule has 0 unspecified atom stereocenters. The SMILES string of the molecule is CC[C@@H](C)[C@H](NC(=O)OC(C)(C)C)C(=O)NCC1CCC(C(=O)N2CCC[C@H]2C(=O)O)CC1. The summed E-state index contributed by atoms with van der Waals surface area (Å²) in [6, 6.07) is -1.37. The molecule has 1 aliphatic heterocycles. The Balaban J connectivity index is 1.83. The summed E-state index contributed by atoms with van der Waals surface area (Å²) in [7, 11) is 0. The van der Waals surface area contributed by atoms with E-state index < -0.39 is 29.7 Å². The fourth-order valence-corrected chi connectivity index (χ4v) is 4.63. The van der Waals surface area contributed by atoms with Crippen LogP contribution in [0.15, 0.2) is 0 Å². The fourth-order valence-electron chi connectivity index (χ4n) is 4.63. The number of carbonyl (C=O) groups is 4. The Morgan fingerprint density at radius 2 is 1.73 bits per heavy atom. The molecule has 33 heavy (non-hydrogen) atoms. The maximum absolute atomic E-state index is 12.8. The minimum Gasteiger partial charge on any atom is -0.480 e. The number of nitrogens with zero attached hydrogens (tertiary/aromatic N) is 1. The van der Waals surface area contributed by atoms with Crippen molar-refractivity contribution in [2.75, 3.05) is 13.1 Å². The summed E-state index contributed by atoms with van der Waals surface area (Å²) in [6.45, 7) is 10.2. The van der Waals surface area contributed by atoms with E-state index in [4.69, 9.17) is 4.74 Å². The number of hydrogen-bond donors (Lipinski definition) is 3. The van der Waals surface area contributed by atoms with Gasteiger partial charge in [-0.2, -0.15) is 0 Å². The van der Waals surface area contributed by atoms with E-state index in [2.05, 4.69) is 10.6 Å². The van der Waals surface area contributed by atoms with E-state index in [9.17, 15) is 24.3 Å². The second kappa shape index (κ2) is 11.7. The number of nitrogens with one attached hydrogen (secondary N) is 2. The van der Waals surface area contributed by atoms with Crippen LogP contribution in [0.4, 0.5) is 4.79 Å². The number of carbonyl (C=O) groups excluding carboxylic acids is 3. The molecule has 188 valence electrons. The van der Waals surface area contributed by atoms with E-state index in [0.29, 0.717) is 32.4 Å². The number of carboxylic acid groups (broad SMARTS) is 1. The Hall–Kier alpha value is -2.32. The van der Waals surface area contributed by atoms with Crippen molar-refractivity contribution >= 4 is 23.9 Å². The minimum atomic E-state index is -0.923. The molecule has 2 fully saturated rings. The lowest BCUT2D eigenvalue weighted by atomic mass is 9.81. The molecule has 3 amide bonds. The van der Waals surface area contributed by atoms with Crippen LogP contribution >= 0.6 is 0 Å². The number of aliphatic carboxylic acids is 1. The number of alkyl carbamates (subject to hydrolysis) is 1. The maximum Gasteiger partial charge on any atom is 0.408 e. The molecule has 1 heterocycles. The first-order chi connectivity index (χ1) is 15.4. The molecule has 0 spiro atoms. The first kappa shape index (κ1) is 26.9. The van der Waals surface area contributed by atoms with Gasteiger partial charge in [-0.3, -0.25) is 9.59 Å². The lowest BCUT2D eigenvalue weighted by Crippen LogP contribution is -2.52. The number of carboxylic acids is 1. The average molecular weight is 468 g/mol. The van der Waals surface area contributed by atoms with Crippen LogP contribution < -0.4 is 10.6 Å². The Labute approximate surface area is 197 Å². The van der Waals surface area contributed by atoms with Gasteiger partial charge < -0.3 is 25.4 Å². The number of likely N-dealkylation sites (tertiary alicyclic amines) is 1. The zero-order chi connectivity index (χ0) is 24.8. The molecular formula is C24H41N3O6. The number of rotatable bonds is 8. The fraction of sp³-hybridized carbons (Fsp3) is 0.833. The largest absolute Gasteiger partial charge is 0.480 e. The Morgan fingerprint density at radius 3 is 2.27 bits per heavy atom. The molecule has 3 atom stereocenters. The second-order valence-electron chi connectivity index (χ2n) is 10.5. The molecule has 9 heteroatoms. The van der Waals surface area contributed by atoms with Crippen LogP contribution in [0.25, 0.3) is 0 Å². The first-order valence-electron chi connectivity index (χ1n) is 12.2. The van der Waals surface area contributed by atoms with Gasteiger partial charge in [0.05, 0.1) is 0 Å². The summed E-state index contributed by atoms with van der Waals surface area (Å²) >= 11 is 0. The van der Waals surface area contributed by atoms with Crippen LogP contribution in [0.1, 0.15) is 79.6 Å². The lowest BCUT2D eigenvalue weighted by Gasteiger charge is -2.32. The second-order valence-corrected chi connectivity index (χ2v) is 10.5. The molecule has 1 aliphatic carbocycles. The highest BCUT2D eigenvalue weighted by Gasteiger charge is 2.38. The first-order valence-corrected chi connectivity index (χ1v) is 12.2. The van der Waals surface area contributed by atoms with Gasteiger partial charge in [-0.15, -0.1) is 0 Å². The zero-order valence-electron chi connectivity index (χ0n) is 20.7. The van der Waals surface area contributed by atoms with Gasteiger partial charge in [0.2, 0.25) is 11.8 Å². The van der Waals surface area contributed by atoms with Crippen molar-refractivity contribution in [2.24, 2.45) is 17.8 Å². The summed E-state index contributed by atoms with van der Waals surface area (Å²) in [4.78, 5) is 50.8. The van der Waals surface area contributed by atoms with Gasteiger partial charge in [0.15, 0.2) is 0 Å². The number of ether oxygens (including phenoxy) is 1. The van der Waals surface area contributed by atoms with E-state index in [-0.39, 0.29) is 29.6 Å². The molecular weight excluding hydrogens is 426 g/mol. The summed E-state index contributed by atoms with van der Waals surface area (Å²) in [5.41, 5.74) is -0.643. The highest BCUT2D eigenvalue weighted by molar-refractivity contribution is 5.86. The standard InChI is InChI=1S/C24H41N3O6/c1-6-15(2)19(26-23(32)33-24(3,4)5)20(28)25-14-16-9-11-17(12-10-16)21(29)27-13-7-8-18(27)22(30)31/h15-19H,6-14H2,1-5H3,(H,25,28)(H,26,32)(H,30,31)/t15-,16?,17?,18+,19+/m1/s1. The molecule has 3 N–H and O–H groups in total. The van der Waals surface area contributed by atoms with Gasteiger partial charge in [-0.05, 0) is 71.1 Å². The predicted molar refractivity (Wildman–Crippen MR) is 123 cm³/mol. The molecule has 0 aromatic heterocycles. The average Bonchev–Trinajstić information content (AvgIpc) is 3.24. The molecule has 9 nitrogen and oxygen atoms in total. The Kier molecular flexibility index (Phi) is 9.55. The number of amides is 3. The molecule has 2 aliphatic rings. The quantitative estimate of drug-likeness (QED) is 0.504. The van der Waals surface area contributed by atoms with Crippen LogP contribution in [0.3, 0.4) is 0 Å². The molecule has 0 radical (unpaired) electrons. The van der Waals surface area contributed by atoms with E-state index in [1.807, 2.05) is 13.8 Å². The highest BCUT2D eigenvalue weighted by Crippen LogP contribution is 2.32. The summed E-state index contributed by atoms with van der Waals surface area (Å²) in [5.74, 6) is -1.12. The van der Waals surface area contributed by atoms with Gasteiger partial charge in [0.1, 0.15) is 17.7 Å². The van der Waals surface area contributed by atoms with Crippen molar-refractivity contribution in [1.82, 2.24) is 15.5 Å². The van der Waals surface area contributed by atoms with Crippen molar-refractivity contribution < 1.29 is 29.0 Å². The van der Waals surface area contributed by atoms with Crippen molar-refractivity contribution in [3.05, 3.63) is 0 Å². The molecule has 1 saturated carbocycles. The van der Waals surface area contributed by atoms with Crippen LogP contribution in [-0.2, 0) is 19.1 Å². The van der Waals surface area contributed by atoms with Crippen LogP contribution in [0, 0.1) is 17.8 Å². The van der Waals surface area contributed by atoms with Crippen molar-refractivity contribution in [3.63, 3.8) is 0 Å². The third kappa shape index (κ3) is 7.89. The summed E-state index contributed by atoms with van der Waals surface area (Å²) in [6.07, 6.45) is 4.39. The highest BCUT2D eigenvalue weighted by atomic mass is 16.6. The van der Waals surface area contributed by atoms with Gasteiger partial charge in [0, 0.05) is 19.0 Å². The maximum atomic E-state index is 12.8. The van der Waals surface area contributed by atoms with E-state index in [1.165, 1.54) is 4.90 Å². The Bertz CT molecular complexity index is 711. The predicted octanol–water partition coefficient (Wildman–Crippen LogP) is 2.92. The molecule has 0 aromatic rings. The van der Waals surface area contributed by atoms with E-state index in [1.54, 1.807) is 20.8 Å². The van der Waals surface area contributed by atoms with Crippen molar-refractivity contribution in [3.8, 4) is 0 Å². The smallest absolute Gasteiger partial charge is 0.408 e. The lowest BCUT2D eigenvalue weighted by molar-refractivity contribution is -0.150. The van der Waals surface area contributed by atoms with E-state index in [0.717, 1.165) is 25.7 Å². The van der Waals surface area contributed by atoms with Crippen LogP contribution in [0.2, 0.25) is 0 Å².